The van der Waals surface area contributed by atoms with E-state index in [4.69, 9.17) is 10.00 Å². The van der Waals surface area contributed by atoms with Crippen LogP contribution in [0.1, 0.15) is 22.5 Å². The van der Waals surface area contributed by atoms with Crippen LogP contribution in [0.15, 0.2) is 28.3 Å². The first-order valence-corrected chi connectivity index (χ1v) is 6.94. The lowest BCUT2D eigenvalue weighted by Crippen LogP contribution is -1.98. The third-order valence-electron chi connectivity index (χ3n) is 3.12. The van der Waals surface area contributed by atoms with E-state index in [1.807, 2.05) is 26.8 Å². The van der Waals surface area contributed by atoms with Crippen molar-refractivity contribution in [2.75, 3.05) is 7.11 Å². The number of rotatable bonds is 3. The van der Waals surface area contributed by atoms with Crippen LogP contribution in [0.3, 0.4) is 0 Å². The van der Waals surface area contributed by atoms with Crippen molar-refractivity contribution < 1.29 is 4.74 Å². The molecule has 0 N–H and O–H groups in total. The molecule has 0 saturated carbocycles. The van der Waals surface area contributed by atoms with Gasteiger partial charge in [0.25, 0.3) is 0 Å². The number of hydrogen-bond donors (Lipinski definition) is 0. The van der Waals surface area contributed by atoms with Crippen LogP contribution >= 0.6 is 11.8 Å². The van der Waals surface area contributed by atoms with E-state index in [1.54, 1.807) is 19.2 Å². The lowest BCUT2D eigenvalue weighted by atomic mass is 10.2. The predicted octanol–water partition coefficient (Wildman–Crippen LogP) is 3.43. The Hall–Kier alpha value is -2.06. The molecule has 0 spiro atoms. The summed E-state index contributed by atoms with van der Waals surface area (Å²) in [4.78, 5) is 9.72. The van der Waals surface area contributed by atoms with Gasteiger partial charge in [-0.05, 0) is 56.3 Å². The zero-order valence-electron chi connectivity index (χ0n) is 11.9. The molecular formula is C15H15N3OS. The summed E-state index contributed by atoms with van der Waals surface area (Å²) in [5.41, 5.74) is 3.61. The molecule has 2 aromatic rings. The normalized spacial score (nSPS) is 10.2. The Morgan fingerprint density at radius 3 is 2.35 bits per heavy atom. The van der Waals surface area contributed by atoms with Crippen molar-refractivity contribution in [1.29, 1.82) is 5.26 Å². The zero-order valence-corrected chi connectivity index (χ0v) is 12.7. The summed E-state index contributed by atoms with van der Waals surface area (Å²) in [6, 6.07) is 7.52. The Morgan fingerprint density at radius 1 is 1.15 bits per heavy atom. The fourth-order valence-corrected chi connectivity index (χ4v) is 2.65. The highest BCUT2D eigenvalue weighted by Crippen LogP contribution is 2.31. The highest BCUT2D eigenvalue weighted by Gasteiger charge is 2.10. The lowest BCUT2D eigenvalue weighted by molar-refractivity contribution is 0.413. The minimum absolute atomic E-state index is 0.593. The van der Waals surface area contributed by atoms with Gasteiger partial charge in [0.05, 0.1) is 12.7 Å². The third kappa shape index (κ3) is 2.91. The van der Waals surface area contributed by atoms with Crippen molar-refractivity contribution in [3.63, 3.8) is 0 Å². The fourth-order valence-electron chi connectivity index (χ4n) is 1.69. The van der Waals surface area contributed by atoms with Crippen molar-refractivity contribution in [2.45, 2.75) is 30.8 Å². The highest BCUT2D eigenvalue weighted by molar-refractivity contribution is 7.99. The molecule has 0 atom stereocenters. The van der Waals surface area contributed by atoms with Gasteiger partial charge < -0.3 is 4.74 Å². The minimum Gasteiger partial charge on any atom is -0.497 e. The molecule has 0 saturated heterocycles. The van der Waals surface area contributed by atoms with E-state index in [0.717, 1.165) is 21.8 Å². The van der Waals surface area contributed by atoms with Gasteiger partial charge in [-0.2, -0.15) is 5.26 Å². The Morgan fingerprint density at radius 2 is 1.80 bits per heavy atom. The van der Waals surface area contributed by atoms with Crippen molar-refractivity contribution in [2.24, 2.45) is 0 Å². The minimum atomic E-state index is 0.593. The van der Waals surface area contributed by atoms with E-state index >= 15 is 0 Å². The van der Waals surface area contributed by atoms with E-state index in [2.05, 4.69) is 16.0 Å². The number of nitriles is 1. The number of methoxy groups -OCH3 is 1. The van der Waals surface area contributed by atoms with Gasteiger partial charge in [0.1, 0.15) is 11.8 Å². The standard InChI is InChI=1S/C15H15N3OS/c1-9-10(2)17-15(18-11(9)3)20-14-7-13(19-4)6-5-12(14)8-16/h5-7H,1-4H3. The highest BCUT2D eigenvalue weighted by atomic mass is 32.2. The molecule has 4 nitrogen and oxygen atoms in total. The second-order valence-electron chi connectivity index (χ2n) is 4.38. The topological polar surface area (TPSA) is 58.8 Å². The maximum Gasteiger partial charge on any atom is 0.192 e. The third-order valence-corrected chi connectivity index (χ3v) is 4.05. The summed E-state index contributed by atoms with van der Waals surface area (Å²) in [5.74, 6) is 0.715. The molecule has 1 aromatic heterocycles. The summed E-state index contributed by atoms with van der Waals surface area (Å²) < 4.78 is 5.20. The Kier molecular flexibility index (Phi) is 4.26. The van der Waals surface area contributed by atoms with Crippen molar-refractivity contribution in [1.82, 2.24) is 9.97 Å². The largest absolute Gasteiger partial charge is 0.497 e. The van der Waals surface area contributed by atoms with Crippen LogP contribution in [-0.4, -0.2) is 17.1 Å². The molecule has 1 heterocycles. The van der Waals surface area contributed by atoms with Gasteiger partial charge in [-0.25, -0.2) is 9.97 Å². The average Bonchev–Trinajstić information content (AvgIpc) is 2.44. The Bertz CT molecular complexity index is 669. The van der Waals surface area contributed by atoms with Crippen molar-refractivity contribution in [3.8, 4) is 11.8 Å². The van der Waals surface area contributed by atoms with Gasteiger partial charge in [-0.1, -0.05) is 0 Å². The van der Waals surface area contributed by atoms with Crippen LogP contribution in [0.5, 0.6) is 5.75 Å². The summed E-state index contributed by atoms with van der Waals surface area (Å²) in [6.45, 7) is 5.93. The van der Waals surface area contributed by atoms with Crippen LogP contribution in [0.25, 0.3) is 0 Å². The predicted molar refractivity (Wildman–Crippen MR) is 78.1 cm³/mol. The number of aryl methyl sites for hydroxylation is 2. The van der Waals surface area contributed by atoms with Gasteiger partial charge in [0, 0.05) is 16.3 Å². The number of nitrogens with zero attached hydrogens (tertiary/aromatic N) is 3. The van der Waals surface area contributed by atoms with Crippen LogP contribution < -0.4 is 4.74 Å². The van der Waals surface area contributed by atoms with Crippen LogP contribution in [-0.2, 0) is 0 Å². The number of ether oxygens (including phenoxy) is 1. The molecular weight excluding hydrogens is 270 g/mol. The SMILES string of the molecule is COc1ccc(C#N)c(Sc2nc(C)c(C)c(C)n2)c1. The van der Waals surface area contributed by atoms with E-state index in [-0.39, 0.29) is 0 Å². The molecule has 102 valence electrons. The van der Waals surface area contributed by atoms with Crippen molar-refractivity contribution in [3.05, 3.63) is 40.7 Å². The second-order valence-corrected chi connectivity index (χ2v) is 5.39. The first kappa shape index (κ1) is 14.4. The maximum absolute atomic E-state index is 9.17. The van der Waals surface area contributed by atoms with Gasteiger partial charge in [0.2, 0.25) is 0 Å². The summed E-state index contributed by atoms with van der Waals surface area (Å²) in [7, 11) is 1.60. The monoisotopic (exact) mass is 285 g/mol. The molecule has 2 rings (SSSR count). The molecule has 20 heavy (non-hydrogen) atoms. The molecule has 0 radical (unpaired) electrons. The maximum atomic E-state index is 9.17. The van der Waals surface area contributed by atoms with Gasteiger partial charge in [0.15, 0.2) is 5.16 Å². The van der Waals surface area contributed by atoms with E-state index in [1.165, 1.54) is 11.8 Å². The molecule has 0 aliphatic rings. The molecule has 0 unspecified atom stereocenters. The van der Waals surface area contributed by atoms with Crippen LogP contribution in [0.2, 0.25) is 0 Å². The Balaban J connectivity index is 2.41. The first-order valence-electron chi connectivity index (χ1n) is 6.13. The molecule has 0 fully saturated rings. The number of benzene rings is 1. The molecule has 0 aliphatic heterocycles. The number of hydrogen-bond acceptors (Lipinski definition) is 5. The van der Waals surface area contributed by atoms with Crippen LogP contribution in [0.4, 0.5) is 0 Å². The molecule has 0 aliphatic carbocycles. The molecule has 1 aromatic carbocycles. The van der Waals surface area contributed by atoms with Gasteiger partial charge in [-0.3, -0.25) is 0 Å². The Labute approximate surface area is 122 Å². The lowest BCUT2D eigenvalue weighted by Gasteiger charge is -2.08. The molecule has 5 heteroatoms. The second kappa shape index (κ2) is 5.93. The summed E-state index contributed by atoms with van der Waals surface area (Å²) in [5, 5.41) is 9.82. The van der Waals surface area contributed by atoms with Crippen molar-refractivity contribution >= 4 is 11.8 Å². The van der Waals surface area contributed by atoms with E-state index in [0.29, 0.717) is 16.5 Å². The van der Waals surface area contributed by atoms with E-state index < -0.39 is 0 Å². The summed E-state index contributed by atoms with van der Waals surface area (Å²) in [6.07, 6.45) is 0. The smallest absolute Gasteiger partial charge is 0.192 e. The summed E-state index contributed by atoms with van der Waals surface area (Å²) >= 11 is 1.38. The molecule has 0 bridgehead atoms. The quantitative estimate of drug-likeness (QED) is 0.809. The van der Waals surface area contributed by atoms with E-state index in [9.17, 15) is 0 Å². The van der Waals surface area contributed by atoms with Crippen LogP contribution in [0, 0.1) is 32.1 Å². The average molecular weight is 285 g/mol. The number of aromatic nitrogens is 2. The molecule has 0 amide bonds. The van der Waals surface area contributed by atoms with Gasteiger partial charge in [-0.15, -0.1) is 0 Å². The van der Waals surface area contributed by atoms with Gasteiger partial charge >= 0.3 is 0 Å². The first-order chi connectivity index (χ1) is 9.55. The zero-order chi connectivity index (χ0) is 14.7. The fraction of sp³-hybridized carbons (Fsp3) is 0.267.